The van der Waals surface area contributed by atoms with Gasteiger partial charge in [-0.2, -0.15) is 0 Å². The van der Waals surface area contributed by atoms with E-state index in [2.05, 4.69) is 4.72 Å². The summed E-state index contributed by atoms with van der Waals surface area (Å²) in [5, 5.41) is 0.110. The summed E-state index contributed by atoms with van der Waals surface area (Å²) >= 11 is 5.91. The van der Waals surface area contributed by atoms with E-state index < -0.39 is 21.6 Å². The summed E-state index contributed by atoms with van der Waals surface area (Å²) in [5.41, 5.74) is 1.96. The third kappa shape index (κ3) is 4.77. The predicted molar refractivity (Wildman–Crippen MR) is 91.4 cm³/mol. The smallest absolute Gasteiger partial charge is 0.212 e. The first-order chi connectivity index (χ1) is 10.8. The summed E-state index contributed by atoms with van der Waals surface area (Å²) in [6.07, 6.45) is 0.591. The van der Waals surface area contributed by atoms with Crippen molar-refractivity contribution in [1.29, 1.82) is 0 Å². The second kappa shape index (κ2) is 7.43. The molecule has 2 aromatic carbocycles. The Bertz CT molecular complexity index is 755. The van der Waals surface area contributed by atoms with Crippen molar-refractivity contribution in [2.45, 2.75) is 32.1 Å². The first kappa shape index (κ1) is 17.9. The van der Waals surface area contributed by atoms with Crippen molar-refractivity contribution < 1.29 is 12.8 Å². The molecule has 0 radical (unpaired) electrons. The molecule has 23 heavy (non-hydrogen) atoms. The van der Waals surface area contributed by atoms with Gasteiger partial charge in [0.2, 0.25) is 10.0 Å². The largest absolute Gasteiger partial charge is 0.216 e. The average Bonchev–Trinajstić information content (AvgIpc) is 2.50. The highest BCUT2D eigenvalue weighted by Crippen LogP contribution is 2.23. The van der Waals surface area contributed by atoms with E-state index in [1.54, 1.807) is 0 Å². The minimum atomic E-state index is -3.72. The van der Waals surface area contributed by atoms with Crippen LogP contribution in [0.2, 0.25) is 5.02 Å². The monoisotopic (exact) mass is 355 g/mol. The van der Waals surface area contributed by atoms with Crippen LogP contribution in [0.1, 0.15) is 36.1 Å². The van der Waals surface area contributed by atoms with E-state index in [1.807, 2.05) is 38.1 Å². The van der Waals surface area contributed by atoms with Gasteiger partial charge in [-0.3, -0.25) is 0 Å². The molecule has 1 atom stereocenters. The molecule has 0 fully saturated rings. The zero-order chi connectivity index (χ0) is 17.0. The summed E-state index contributed by atoms with van der Waals surface area (Å²) in [4.78, 5) is 0. The Labute approximate surface area is 141 Å². The van der Waals surface area contributed by atoms with Gasteiger partial charge in [0.1, 0.15) is 5.82 Å². The SMILES string of the molecule is CC[C@@H](NS(=O)(=O)Cc1c(F)cccc1Cl)c1ccc(C)cc1. The fourth-order valence-electron chi connectivity index (χ4n) is 2.30. The van der Waals surface area contributed by atoms with Gasteiger partial charge in [0.05, 0.1) is 5.75 Å². The molecule has 0 saturated carbocycles. The summed E-state index contributed by atoms with van der Waals surface area (Å²) < 4.78 is 41.2. The van der Waals surface area contributed by atoms with Gasteiger partial charge < -0.3 is 0 Å². The second-order valence-electron chi connectivity index (χ2n) is 5.45. The van der Waals surface area contributed by atoms with Crippen LogP contribution in [0.15, 0.2) is 42.5 Å². The Morgan fingerprint density at radius 1 is 1.17 bits per heavy atom. The molecule has 2 aromatic rings. The highest BCUT2D eigenvalue weighted by molar-refractivity contribution is 7.88. The van der Waals surface area contributed by atoms with E-state index in [9.17, 15) is 12.8 Å². The molecule has 0 spiro atoms. The standard InChI is InChI=1S/C17H19ClFNO2S/c1-3-17(13-9-7-12(2)8-10-13)20-23(21,22)11-14-15(18)5-4-6-16(14)19/h4-10,17,20H,3,11H2,1-2H3/t17-/m1/s1. The molecule has 0 unspecified atom stereocenters. The number of hydrogen-bond donors (Lipinski definition) is 1. The van der Waals surface area contributed by atoms with Crippen LogP contribution in [0.4, 0.5) is 4.39 Å². The van der Waals surface area contributed by atoms with Gasteiger partial charge in [0.15, 0.2) is 0 Å². The lowest BCUT2D eigenvalue weighted by Gasteiger charge is -2.18. The van der Waals surface area contributed by atoms with Crippen molar-refractivity contribution >= 4 is 21.6 Å². The van der Waals surface area contributed by atoms with Gasteiger partial charge in [-0.25, -0.2) is 17.5 Å². The molecule has 0 saturated heterocycles. The van der Waals surface area contributed by atoms with Gasteiger partial charge in [-0.15, -0.1) is 0 Å². The molecule has 124 valence electrons. The maximum absolute atomic E-state index is 13.8. The van der Waals surface area contributed by atoms with Crippen LogP contribution in [0.25, 0.3) is 0 Å². The van der Waals surface area contributed by atoms with Gasteiger partial charge in [-0.05, 0) is 31.0 Å². The van der Waals surface area contributed by atoms with Crippen molar-refractivity contribution in [2.75, 3.05) is 0 Å². The summed E-state index contributed by atoms with van der Waals surface area (Å²) in [7, 11) is -3.72. The quantitative estimate of drug-likeness (QED) is 0.836. The fourth-order valence-corrected chi connectivity index (χ4v) is 4.11. The maximum atomic E-state index is 13.8. The molecular formula is C17H19ClFNO2S. The Balaban J connectivity index is 2.20. The summed E-state index contributed by atoms with van der Waals surface area (Å²) in [6, 6.07) is 11.4. The fraction of sp³-hybridized carbons (Fsp3) is 0.294. The number of sulfonamides is 1. The number of nitrogens with one attached hydrogen (secondary N) is 1. The molecule has 0 bridgehead atoms. The van der Waals surface area contributed by atoms with Gasteiger partial charge in [0, 0.05) is 16.6 Å². The Morgan fingerprint density at radius 2 is 1.83 bits per heavy atom. The minimum absolute atomic E-state index is 0.0135. The molecule has 0 aliphatic heterocycles. The van der Waals surface area contributed by atoms with Crippen LogP contribution < -0.4 is 4.72 Å². The molecule has 0 amide bonds. The van der Waals surface area contributed by atoms with Crippen molar-refractivity contribution in [3.63, 3.8) is 0 Å². The topological polar surface area (TPSA) is 46.2 Å². The number of halogens is 2. The van der Waals surface area contributed by atoms with Crippen molar-refractivity contribution in [3.05, 3.63) is 70.0 Å². The first-order valence-corrected chi connectivity index (χ1v) is 9.35. The number of aryl methyl sites for hydroxylation is 1. The van der Waals surface area contributed by atoms with Crippen molar-refractivity contribution in [1.82, 2.24) is 4.72 Å². The third-order valence-electron chi connectivity index (χ3n) is 3.61. The predicted octanol–water partition coefficient (Wildman–Crippen LogP) is 4.36. The Kier molecular flexibility index (Phi) is 5.79. The molecule has 2 rings (SSSR count). The molecule has 0 heterocycles. The highest BCUT2D eigenvalue weighted by Gasteiger charge is 2.21. The minimum Gasteiger partial charge on any atom is -0.212 e. The van der Waals surface area contributed by atoms with Crippen molar-refractivity contribution in [3.8, 4) is 0 Å². The molecule has 0 aliphatic rings. The van der Waals surface area contributed by atoms with Gasteiger partial charge >= 0.3 is 0 Å². The lowest BCUT2D eigenvalue weighted by Crippen LogP contribution is -2.29. The number of hydrogen-bond acceptors (Lipinski definition) is 2. The Hall–Kier alpha value is -1.43. The lowest BCUT2D eigenvalue weighted by atomic mass is 10.0. The van der Waals surface area contributed by atoms with Crippen molar-refractivity contribution in [2.24, 2.45) is 0 Å². The maximum Gasteiger partial charge on any atom is 0.216 e. The lowest BCUT2D eigenvalue weighted by molar-refractivity contribution is 0.546. The molecule has 6 heteroatoms. The molecule has 1 N–H and O–H groups in total. The van der Waals surface area contributed by atoms with E-state index >= 15 is 0 Å². The number of rotatable bonds is 6. The van der Waals surface area contributed by atoms with Crippen LogP contribution in [0, 0.1) is 12.7 Å². The summed E-state index contributed by atoms with van der Waals surface area (Å²) in [6.45, 7) is 3.86. The van der Waals surface area contributed by atoms with E-state index in [0.717, 1.165) is 11.1 Å². The van der Waals surface area contributed by atoms with E-state index in [1.165, 1.54) is 18.2 Å². The van der Waals surface area contributed by atoms with Crippen LogP contribution >= 0.6 is 11.6 Å². The average molecular weight is 356 g/mol. The van der Waals surface area contributed by atoms with E-state index in [0.29, 0.717) is 6.42 Å². The molecule has 3 nitrogen and oxygen atoms in total. The van der Waals surface area contributed by atoms with Crippen LogP contribution in [-0.2, 0) is 15.8 Å². The molecule has 0 aliphatic carbocycles. The molecular weight excluding hydrogens is 337 g/mol. The van der Waals surface area contributed by atoms with E-state index in [-0.39, 0.29) is 16.6 Å². The first-order valence-electron chi connectivity index (χ1n) is 7.32. The highest BCUT2D eigenvalue weighted by atomic mass is 35.5. The van der Waals surface area contributed by atoms with Crippen LogP contribution in [-0.4, -0.2) is 8.42 Å². The molecule has 0 aromatic heterocycles. The normalized spacial score (nSPS) is 13.0. The van der Waals surface area contributed by atoms with Gasteiger partial charge in [-0.1, -0.05) is 54.4 Å². The van der Waals surface area contributed by atoms with E-state index in [4.69, 9.17) is 11.6 Å². The van der Waals surface area contributed by atoms with Crippen LogP contribution in [0.3, 0.4) is 0 Å². The van der Waals surface area contributed by atoms with Gasteiger partial charge in [0.25, 0.3) is 0 Å². The summed E-state index contributed by atoms with van der Waals surface area (Å²) in [5.74, 6) is -1.10. The Morgan fingerprint density at radius 3 is 2.39 bits per heavy atom. The zero-order valence-electron chi connectivity index (χ0n) is 13.0. The van der Waals surface area contributed by atoms with Crippen LogP contribution in [0.5, 0.6) is 0 Å². The zero-order valence-corrected chi connectivity index (χ0v) is 14.6. The number of benzene rings is 2. The second-order valence-corrected chi connectivity index (χ2v) is 7.61. The third-order valence-corrected chi connectivity index (χ3v) is 5.27.